The van der Waals surface area contributed by atoms with Crippen LogP contribution in [0.1, 0.15) is 11.6 Å². The Labute approximate surface area is 190 Å². The largest absolute Gasteiger partial charge is 0.345 e. The lowest BCUT2D eigenvalue weighted by molar-refractivity contribution is -0.136. The number of aromatic amines is 1. The zero-order valence-electron chi connectivity index (χ0n) is 17.6. The SMILES string of the molecule is O=C(C(Cc1ccccc1)n1cnnn1)N1CCN(S(=O)(=O)c2c[nH]c3ncccc23)CC1. The lowest BCUT2D eigenvalue weighted by atomic mass is 10.0. The van der Waals surface area contributed by atoms with Gasteiger partial charge in [0.25, 0.3) is 0 Å². The van der Waals surface area contributed by atoms with Crippen molar-refractivity contribution in [3.63, 3.8) is 0 Å². The van der Waals surface area contributed by atoms with Gasteiger partial charge in [0.2, 0.25) is 15.9 Å². The second-order valence-corrected chi connectivity index (χ2v) is 9.68. The fraction of sp³-hybridized carbons (Fsp3) is 0.286. The quantitative estimate of drug-likeness (QED) is 0.446. The van der Waals surface area contributed by atoms with Gasteiger partial charge in [-0.3, -0.25) is 4.79 Å². The molecule has 3 aromatic heterocycles. The van der Waals surface area contributed by atoms with Gasteiger partial charge in [-0.25, -0.2) is 18.1 Å². The van der Waals surface area contributed by atoms with E-state index in [1.807, 2.05) is 30.3 Å². The smallest absolute Gasteiger partial charge is 0.248 e. The molecule has 0 aliphatic carbocycles. The highest BCUT2D eigenvalue weighted by atomic mass is 32.2. The minimum atomic E-state index is -3.72. The molecule has 1 unspecified atom stereocenters. The number of tetrazole rings is 1. The number of rotatable bonds is 6. The highest BCUT2D eigenvalue weighted by Crippen LogP contribution is 2.26. The van der Waals surface area contributed by atoms with Gasteiger partial charge in [0.05, 0.1) is 0 Å². The Morgan fingerprint density at radius 1 is 1.06 bits per heavy atom. The van der Waals surface area contributed by atoms with Gasteiger partial charge < -0.3 is 9.88 Å². The summed E-state index contributed by atoms with van der Waals surface area (Å²) < 4.78 is 29.4. The standard InChI is InChI=1S/C21H22N8O3S/c30-21(18(29-15-24-25-26-29)13-16-5-2-1-3-6-16)27-9-11-28(12-10-27)33(31,32)19-14-23-20-17(19)7-4-8-22-20/h1-8,14-15,18H,9-13H2,(H,22,23). The van der Waals surface area contributed by atoms with Crippen molar-refractivity contribution in [3.8, 4) is 0 Å². The number of hydrogen-bond donors (Lipinski definition) is 1. The van der Waals surface area contributed by atoms with Crippen molar-refractivity contribution in [2.24, 2.45) is 0 Å². The van der Waals surface area contributed by atoms with Crippen molar-refractivity contribution in [1.82, 2.24) is 39.4 Å². The minimum absolute atomic E-state index is 0.139. The van der Waals surface area contributed by atoms with Crippen molar-refractivity contribution >= 4 is 27.0 Å². The zero-order valence-corrected chi connectivity index (χ0v) is 18.5. The van der Waals surface area contributed by atoms with Gasteiger partial charge >= 0.3 is 0 Å². The fourth-order valence-electron chi connectivity index (χ4n) is 4.09. The molecule has 1 aromatic carbocycles. The minimum Gasteiger partial charge on any atom is -0.345 e. The molecular formula is C21H22N8O3S. The molecule has 4 heterocycles. The summed E-state index contributed by atoms with van der Waals surface area (Å²) in [5, 5.41) is 11.8. The van der Waals surface area contributed by atoms with E-state index in [1.54, 1.807) is 23.2 Å². The molecule has 11 nitrogen and oxygen atoms in total. The molecule has 1 aliphatic rings. The average molecular weight is 467 g/mol. The highest BCUT2D eigenvalue weighted by molar-refractivity contribution is 7.89. The molecule has 1 fully saturated rings. The fourth-order valence-corrected chi connectivity index (χ4v) is 5.66. The summed E-state index contributed by atoms with van der Waals surface area (Å²) >= 11 is 0. The van der Waals surface area contributed by atoms with Gasteiger partial charge in [-0.2, -0.15) is 4.31 Å². The number of H-pyrrole nitrogens is 1. The van der Waals surface area contributed by atoms with E-state index >= 15 is 0 Å². The first-order valence-electron chi connectivity index (χ1n) is 10.5. The summed E-state index contributed by atoms with van der Waals surface area (Å²) in [4.78, 5) is 22.3. The second-order valence-electron chi connectivity index (χ2n) is 7.78. The van der Waals surface area contributed by atoms with E-state index in [9.17, 15) is 13.2 Å². The Morgan fingerprint density at radius 3 is 2.58 bits per heavy atom. The van der Waals surface area contributed by atoms with Gasteiger partial charge in [-0.1, -0.05) is 30.3 Å². The number of sulfonamides is 1. The van der Waals surface area contributed by atoms with E-state index in [2.05, 4.69) is 25.5 Å². The summed E-state index contributed by atoms with van der Waals surface area (Å²) in [7, 11) is -3.72. The number of benzene rings is 1. The molecule has 0 spiro atoms. The Hall–Kier alpha value is -3.64. The van der Waals surface area contributed by atoms with E-state index in [1.165, 1.54) is 21.5 Å². The molecule has 170 valence electrons. The van der Waals surface area contributed by atoms with Crippen LogP contribution in [0.15, 0.2) is 66.1 Å². The number of nitrogens with zero attached hydrogens (tertiary/aromatic N) is 7. The zero-order chi connectivity index (χ0) is 22.8. The molecule has 1 amide bonds. The first kappa shape index (κ1) is 21.2. The molecule has 0 saturated carbocycles. The van der Waals surface area contributed by atoms with Crippen LogP contribution in [0.4, 0.5) is 0 Å². The van der Waals surface area contributed by atoms with E-state index in [0.717, 1.165) is 5.56 Å². The molecule has 1 aliphatic heterocycles. The number of aromatic nitrogens is 6. The van der Waals surface area contributed by atoms with Gasteiger partial charge in [-0.05, 0) is 28.1 Å². The number of piperazine rings is 1. The Bertz CT molecular complexity index is 1350. The van der Waals surface area contributed by atoms with Crippen LogP contribution in [0, 0.1) is 0 Å². The number of fused-ring (bicyclic) bond motifs is 1. The number of pyridine rings is 1. The Morgan fingerprint density at radius 2 is 1.85 bits per heavy atom. The van der Waals surface area contributed by atoms with Crippen LogP contribution >= 0.6 is 0 Å². The van der Waals surface area contributed by atoms with E-state index in [4.69, 9.17) is 0 Å². The molecule has 1 saturated heterocycles. The lowest BCUT2D eigenvalue weighted by Gasteiger charge is -2.35. The molecular weight excluding hydrogens is 444 g/mol. The van der Waals surface area contributed by atoms with Crippen LogP contribution in [0.25, 0.3) is 11.0 Å². The van der Waals surface area contributed by atoms with Gasteiger partial charge in [0.15, 0.2) is 0 Å². The van der Waals surface area contributed by atoms with Crippen LogP contribution in [-0.4, -0.2) is 79.9 Å². The molecule has 4 aromatic rings. The molecule has 5 rings (SSSR count). The number of carbonyl (C=O) groups excluding carboxylic acids is 1. The monoisotopic (exact) mass is 466 g/mol. The summed E-state index contributed by atoms with van der Waals surface area (Å²) in [5.74, 6) is -0.139. The predicted octanol–water partition coefficient (Wildman–Crippen LogP) is 0.866. The maximum absolute atomic E-state index is 13.4. The molecule has 0 bridgehead atoms. The third-order valence-electron chi connectivity index (χ3n) is 5.82. The second kappa shape index (κ2) is 8.71. The molecule has 1 atom stereocenters. The van der Waals surface area contributed by atoms with E-state index in [-0.39, 0.29) is 37.0 Å². The number of nitrogens with one attached hydrogen (secondary N) is 1. The number of amides is 1. The van der Waals surface area contributed by atoms with Crippen LogP contribution in [0.2, 0.25) is 0 Å². The highest BCUT2D eigenvalue weighted by Gasteiger charge is 2.34. The van der Waals surface area contributed by atoms with Gasteiger partial charge in [0, 0.05) is 50.4 Å². The molecule has 1 N–H and O–H groups in total. The summed E-state index contributed by atoms with van der Waals surface area (Å²) in [6.07, 6.45) is 4.94. The van der Waals surface area contributed by atoms with Gasteiger partial charge in [-0.15, -0.1) is 5.10 Å². The van der Waals surface area contributed by atoms with Crippen molar-refractivity contribution in [1.29, 1.82) is 0 Å². The predicted molar refractivity (Wildman–Crippen MR) is 118 cm³/mol. The number of hydrogen-bond acceptors (Lipinski definition) is 7. The van der Waals surface area contributed by atoms with Crippen molar-refractivity contribution in [3.05, 3.63) is 66.7 Å². The molecule has 12 heteroatoms. The third-order valence-corrected chi connectivity index (χ3v) is 7.76. The molecule has 0 radical (unpaired) electrons. The first-order chi connectivity index (χ1) is 16.0. The van der Waals surface area contributed by atoms with Crippen LogP contribution in [-0.2, 0) is 21.2 Å². The van der Waals surface area contributed by atoms with Crippen molar-refractivity contribution in [2.75, 3.05) is 26.2 Å². The third kappa shape index (κ3) is 4.10. The van der Waals surface area contributed by atoms with E-state index < -0.39 is 16.1 Å². The normalized spacial score (nSPS) is 16.2. The summed E-state index contributed by atoms with van der Waals surface area (Å²) in [6, 6.07) is 12.5. The van der Waals surface area contributed by atoms with Gasteiger partial charge in [0.1, 0.15) is 22.9 Å². The van der Waals surface area contributed by atoms with Crippen LogP contribution in [0.3, 0.4) is 0 Å². The van der Waals surface area contributed by atoms with Crippen molar-refractivity contribution in [2.45, 2.75) is 17.4 Å². The lowest BCUT2D eigenvalue weighted by Crippen LogP contribution is -2.52. The summed E-state index contributed by atoms with van der Waals surface area (Å²) in [5.41, 5.74) is 1.51. The molecule has 33 heavy (non-hydrogen) atoms. The van der Waals surface area contributed by atoms with Crippen LogP contribution in [0.5, 0.6) is 0 Å². The average Bonchev–Trinajstić information content (AvgIpc) is 3.53. The Kier molecular flexibility index (Phi) is 5.60. The maximum atomic E-state index is 13.4. The Balaban J connectivity index is 1.32. The van der Waals surface area contributed by atoms with Crippen LogP contribution < -0.4 is 0 Å². The van der Waals surface area contributed by atoms with E-state index in [0.29, 0.717) is 17.5 Å². The summed E-state index contributed by atoms with van der Waals surface area (Å²) in [6.45, 7) is 0.974. The number of carbonyl (C=O) groups is 1. The topological polar surface area (TPSA) is 130 Å². The first-order valence-corrected chi connectivity index (χ1v) is 12.0. The van der Waals surface area contributed by atoms with Crippen molar-refractivity contribution < 1.29 is 13.2 Å². The maximum Gasteiger partial charge on any atom is 0.248 e.